The van der Waals surface area contributed by atoms with Crippen molar-refractivity contribution < 1.29 is 91.1 Å². The number of likely N-dealkylation sites (N-methyl/N-ethyl adjacent to an activating group) is 1. The number of allylic oxidation sites excluding steroid dienone is 3. The van der Waals surface area contributed by atoms with E-state index in [0.29, 0.717) is 17.9 Å². The van der Waals surface area contributed by atoms with Crippen LogP contribution >= 0.6 is 36.0 Å². The van der Waals surface area contributed by atoms with Crippen LogP contribution in [0.2, 0.25) is 5.02 Å². The second kappa shape index (κ2) is 32.1. The molecule has 4 fully saturated rings. The summed E-state index contributed by atoms with van der Waals surface area (Å²) in [5, 5.41) is 24.9. The summed E-state index contributed by atoms with van der Waals surface area (Å²) in [6, 6.07) is 2.28. The van der Waals surface area contributed by atoms with Crippen molar-refractivity contribution in [2.24, 2.45) is 5.92 Å². The van der Waals surface area contributed by atoms with Crippen LogP contribution in [0.1, 0.15) is 84.6 Å². The number of alkyl carbamates (subject to hydrolysis) is 1. The lowest BCUT2D eigenvalue weighted by atomic mass is 9.83. The molecule has 90 heavy (non-hydrogen) atoms. The number of carbonyl (C=O) groups excluding carboxylic acids is 13. The maximum Gasteiger partial charge on any atom is 0.409 e. The van der Waals surface area contributed by atoms with Crippen LogP contribution in [0.4, 0.5) is 10.5 Å². The molecule has 7 N–H and O–H groups in total. The number of hydrogen-bond donors (Lipinski definition) is 8. The highest BCUT2D eigenvalue weighted by atomic mass is 35.5. The highest BCUT2D eigenvalue weighted by molar-refractivity contribution is 8.00. The first-order valence-electron chi connectivity index (χ1n) is 29.2. The van der Waals surface area contributed by atoms with Gasteiger partial charge in [0.05, 0.1) is 55.5 Å². The van der Waals surface area contributed by atoms with E-state index in [-0.39, 0.29) is 87.8 Å². The molecule has 0 aromatic heterocycles. The van der Waals surface area contributed by atoms with E-state index in [0.717, 1.165) is 37.6 Å². The van der Waals surface area contributed by atoms with Crippen molar-refractivity contribution in [1.29, 1.82) is 0 Å². The van der Waals surface area contributed by atoms with Crippen LogP contribution < -0.4 is 41.5 Å². The number of nitrogens with zero attached hydrogens (tertiary/aromatic N) is 4. The molecule has 29 nitrogen and oxygen atoms in total. The van der Waals surface area contributed by atoms with Crippen LogP contribution in [0.25, 0.3) is 0 Å². The number of nitrogens with one attached hydrogen (secondary N) is 6. The molecule has 494 valence electrons. The Balaban J connectivity index is 0.928. The molecule has 0 saturated carbocycles. The molecule has 4 bridgehead atoms. The number of halogens is 1. The summed E-state index contributed by atoms with van der Waals surface area (Å²) in [6.07, 6.45) is -0.515. The minimum atomic E-state index is -1.92. The van der Waals surface area contributed by atoms with Gasteiger partial charge in [-0.3, -0.25) is 67.9 Å². The van der Waals surface area contributed by atoms with Gasteiger partial charge in [-0.1, -0.05) is 42.3 Å². The molecule has 0 radical (unpaired) electrons. The van der Waals surface area contributed by atoms with Gasteiger partial charge in [-0.2, -0.15) is 12.6 Å². The SMILES string of the molecule is COc1cc2cc(c1Cl)N(C)C(=O)C[C@H](OC(=O)[C@H](C)N(C)C(=O)CCSC1CC(=O)N(CCCC(=O)NCC(=O)NCC(=O)NCC(=O)NCCC(=O)NCCN3C(=O)CC(S)C3=O)C1=O)[C@]1(C)O[C@H]1[C@H](C)[C@@H]1C[C@@](O)(NC(=O)O1)[C@H](OC)/C=C/C=C(\C)C2. The molecular formula is C58H79ClN10O19S2. The molecule has 4 saturated heterocycles. The van der Waals surface area contributed by atoms with Crippen molar-refractivity contribution in [1.82, 2.24) is 46.6 Å². The number of methoxy groups -OCH3 is 2. The van der Waals surface area contributed by atoms with E-state index in [1.807, 2.05) is 13.0 Å². The fraction of sp³-hybridized carbons (Fsp3) is 0.603. The van der Waals surface area contributed by atoms with Gasteiger partial charge in [-0.05, 0) is 51.3 Å². The quantitative estimate of drug-likeness (QED) is 0.0267. The summed E-state index contributed by atoms with van der Waals surface area (Å²) in [5.41, 5.74) is -1.35. The van der Waals surface area contributed by atoms with Crippen molar-refractivity contribution >= 4 is 119 Å². The third-order valence-corrected chi connectivity index (χ3v) is 18.0. The average Bonchev–Trinajstić information content (AvgIpc) is 1.57. The largest absolute Gasteiger partial charge is 0.495 e. The molecular weight excluding hydrogens is 1240 g/mol. The number of thioether (sulfide) groups is 1. The number of imide groups is 2. The van der Waals surface area contributed by atoms with Gasteiger partial charge in [0.1, 0.15) is 40.7 Å². The van der Waals surface area contributed by atoms with Gasteiger partial charge in [0, 0.05) is 97.6 Å². The third-order valence-electron chi connectivity index (χ3n) is 16.0. The predicted molar refractivity (Wildman–Crippen MR) is 326 cm³/mol. The molecule has 0 aliphatic carbocycles. The lowest BCUT2D eigenvalue weighted by Gasteiger charge is -2.42. The van der Waals surface area contributed by atoms with Crippen LogP contribution in [0.3, 0.4) is 0 Å². The van der Waals surface area contributed by atoms with Gasteiger partial charge in [-0.25, -0.2) is 9.59 Å². The molecule has 1 aromatic rings. The number of anilines is 1. The van der Waals surface area contributed by atoms with Crippen LogP contribution in [-0.4, -0.2) is 229 Å². The lowest BCUT2D eigenvalue weighted by molar-refractivity contribution is -0.162. The number of aliphatic hydroxyl groups is 1. The Bertz CT molecular complexity index is 3030. The zero-order chi connectivity index (χ0) is 66.4. The monoisotopic (exact) mass is 1320 g/mol. The number of benzene rings is 1. The fourth-order valence-electron chi connectivity index (χ4n) is 10.5. The molecule has 5 aliphatic heterocycles. The topological polar surface area (TPSA) is 377 Å². The number of thiol groups is 1. The number of ether oxygens (including phenoxy) is 5. The van der Waals surface area contributed by atoms with E-state index in [9.17, 15) is 67.4 Å². The van der Waals surface area contributed by atoms with Crippen molar-refractivity contribution in [2.45, 2.75) is 138 Å². The second-order valence-electron chi connectivity index (χ2n) is 22.6. The number of likely N-dealkylation sites (tertiary alicyclic amines) is 2. The van der Waals surface area contributed by atoms with Crippen LogP contribution in [-0.2, 0) is 82.9 Å². The molecule has 1 aromatic carbocycles. The Morgan fingerprint density at radius 2 is 1.48 bits per heavy atom. The van der Waals surface area contributed by atoms with Crippen LogP contribution in [0.5, 0.6) is 5.75 Å². The van der Waals surface area contributed by atoms with Gasteiger partial charge in [-0.15, -0.1) is 11.8 Å². The standard InChI is InChI=1S/C58H79ClN10O19S2/c1-31-11-9-12-40(85-8)58(83)27-37(86-56(82)65-58)32(2)52-57(4,88-52)41(26-48(76)67(6)35-22-34(21-31)23-36(84-7)51(35)59)87-55(81)33(3)66(5)47(75)15-20-90-39-25-50(78)68(54(39)80)18-10-13-42(70)62-29-45(73)64-30-46(74)63-28-44(72)60-16-14-43(71)61-17-19-69-49(77)24-38(89)53(69)79/h9,11-12,22-23,32-33,37-41,52,83,89H,10,13-21,24-30H2,1-8H3,(H,60,72)(H,61,71)(H,62,70)(H,63,74)(H,64,73)(H,65,82)/b12-9+,31-11+/t32-,33+,37+,38?,39?,40-,41+,52+,57+,58+/m1/s1. The van der Waals surface area contributed by atoms with Gasteiger partial charge < -0.3 is 65.2 Å². The maximum atomic E-state index is 14.4. The number of amides is 12. The molecule has 12 amide bonds. The first-order chi connectivity index (χ1) is 42.5. The molecule has 10 atom stereocenters. The van der Waals surface area contributed by atoms with Gasteiger partial charge >= 0.3 is 12.1 Å². The van der Waals surface area contributed by atoms with Crippen LogP contribution in [0.15, 0.2) is 35.9 Å². The molecule has 5 heterocycles. The molecule has 32 heteroatoms. The van der Waals surface area contributed by atoms with Gasteiger partial charge in [0.2, 0.25) is 65.0 Å². The summed E-state index contributed by atoms with van der Waals surface area (Å²) in [7, 11) is 5.75. The van der Waals surface area contributed by atoms with Gasteiger partial charge in [0.25, 0.3) is 0 Å². The highest BCUT2D eigenvalue weighted by Crippen LogP contribution is 2.49. The van der Waals surface area contributed by atoms with Crippen molar-refractivity contribution in [3.63, 3.8) is 0 Å². The number of hydrogen-bond acceptors (Lipinski definition) is 21. The number of rotatable bonds is 25. The van der Waals surface area contributed by atoms with Crippen molar-refractivity contribution in [3.05, 3.63) is 46.5 Å². The van der Waals surface area contributed by atoms with Crippen molar-refractivity contribution in [2.75, 3.05) is 84.8 Å². The zero-order valence-corrected chi connectivity index (χ0v) is 53.8. The normalized spacial score (nSPS) is 26.4. The minimum Gasteiger partial charge on any atom is -0.495 e. The first-order valence-corrected chi connectivity index (χ1v) is 31.1. The lowest BCUT2D eigenvalue weighted by Crippen LogP contribution is -2.63. The van der Waals surface area contributed by atoms with E-state index >= 15 is 0 Å². The molecule has 2 unspecified atom stereocenters. The Kier molecular flexibility index (Phi) is 25.6. The van der Waals surface area contributed by atoms with E-state index < -0.39 is 155 Å². The predicted octanol–water partition coefficient (Wildman–Crippen LogP) is -0.426. The Hall–Kier alpha value is -7.32. The summed E-state index contributed by atoms with van der Waals surface area (Å²) < 4.78 is 29.4. The summed E-state index contributed by atoms with van der Waals surface area (Å²) in [5.74, 6) is -7.04. The van der Waals surface area contributed by atoms with Crippen LogP contribution in [0, 0.1) is 5.92 Å². The number of epoxide rings is 1. The Morgan fingerprint density at radius 3 is 2.12 bits per heavy atom. The van der Waals surface area contributed by atoms with Crippen molar-refractivity contribution in [3.8, 4) is 5.75 Å². The number of fused-ring (bicyclic) bond motifs is 5. The van der Waals surface area contributed by atoms with E-state index in [2.05, 4.69) is 44.5 Å². The average molecular weight is 1320 g/mol. The van der Waals surface area contributed by atoms with E-state index in [4.69, 9.17) is 35.3 Å². The second-order valence-corrected chi connectivity index (χ2v) is 24.9. The number of esters is 1. The fourth-order valence-corrected chi connectivity index (χ4v) is 12.2. The first kappa shape index (κ1) is 71.8. The highest BCUT2D eigenvalue weighted by Gasteiger charge is 2.64. The van der Waals surface area contributed by atoms with E-state index in [1.54, 1.807) is 38.1 Å². The maximum absolute atomic E-state index is 14.4. The minimum absolute atomic E-state index is 0.00556. The summed E-state index contributed by atoms with van der Waals surface area (Å²) in [6.45, 7) is 5.08. The third kappa shape index (κ3) is 18.9. The Labute approximate surface area is 534 Å². The van der Waals surface area contributed by atoms with Gasteiger partial charge in [0.15, 0.2) is 5.72 Å². The number of carbonyl (C=O) groups is 13. The zero-order valence-electron chi connectivity index (χ0n) is 51.3. The summed E-state index contributed by atoms with van der Waals surface area (Å²) in [4.78, 5) is 171. The smallest absolute Gasteiger partial charge is 0.409 e. The summed E-state index contributed by atoms with van der Waals surface area (Å²) >= 11 is 11.9. The molecule has 0 spiro atoms. The molecule has 6 rings (SSSR count). The Morgan fingerprint density at radius 1 is 0.856 bits per heavy atom. The molecule has 5 aliphatic rings. The van der Waals surface area contributed by atoms with E-state index in [1.165, 1.54) is 40.1 Å².